The summed E-state index contributed by atoms with van der Waals surface area (Å²) in [4.78, 5) is 71.6. The number of amides is 1. The van der Waals surface area contributed by atoms with Crippen LogP contribution in [0.15, 0.2) is 45.0 Å². The van der Waals surface area contributed by atoms with Gasteiger partial charge in [-0.2, -0.15) is 5.26 Å². The number of hydrogen-bond acceptors (Lipinski definition) is 11. The first kappa shape index (κ1) is 29.6. The molecule has 0 saturated carbocycles. The van der Waals surface area contributed by atoms with E-state index in [2.05, 4.69) is 16.7 Å². The molecule has 0 aromatic heterocycles. The van der Waals surface area contributed by atoms with Gasteiger partial charge in [0, 0.05) is 52.1 Å². The Kier molecular flexibility index (Phi) is 7.55. The number of fused-ring (bicyclic) bond motifs is 5. The predicted octanol–water partition coefficient (Wildman–Crippen LogP) is -0.131. The van der Waals surface area contributed by atoms with Crippen molar-refractivity contribution in [3.05, 3.63) is 45.0 Å². The zero-order valence-electron chi connectivity index (χ0n) is 24.8. The Morgan fingerprint density at radius 3 is 2.00 bits per heavy atom. The smallest absolute Gasteiger partial charge is 0.236 e. The summed E-state index contributed by atoms with van der Waals surface area (Å²) in [5.41, 5.74) is 1.51. The molecule has 0 aromatic carbocycles. The van der Waals surface area contributed by atoms with Gasteiger partial charge in [0.2, 0.25) is 17.5 Å². The second-order valence-electron chi connectivity index (χ2n) is 11.4. The molecule has 5 aliphatic rings. The Balaban J connectivity index is 1.70. The highest BCUT2D eigenvalue weighted by atomic mass is 16.5. The lowest BCUT2D eigenvalue weighted by Gasteiger charge is -2.60. The van der Waals surface area contributed by atoms with Crippen molar-refractivity contribution in [1.82, 2.24) is 20.4 Å². The topological polar surface area (TPSA) is 158 Å². The summed E-state index contributed by atoms with van der Waals surface area (Å²) in [6.07, 6.45) is 0.217. The van der Waals surface area contributed by atoms with Gasteiger partial charge in [-0.1, -0.05) is 0 Å². The van der Waals surface area contributed by atoms with Crippen LogP contribution in [0.25, 0.3) is 0 Å². The van der Waals surface area contributed by atoms with Crippen LogP contribution in [0.3, 0.4) is 0 Å². The predicted molar refractivity (Wildman–Crippen MR) is 148 cm³/mol. The first-order chi connectivity index (χ1) is 19.9. The Bertz CT molecular complexity index is 1490. The molecule has 0 radical (unpaired) electrons. The van der Waals surface area contributed by atoms with Crippen LogP contribution >= 0.6 is 0 Å². The highest BCUT2D eigenvalue weighted by Gasteiger charge is 2.59. The van der Waals surface area contributed by atoms with Crippen molar-refractivity contribution in [2.24, 2.45) is 0 Å². The second-order valence-corrected chi connectivity index (χ2v) is 11.4. The maximum Gasteiger partial charge on any atom is 0.236 e. The van der Waals surface area contributed by atoms with E-state index in [1.807, 2.05) is 16.8 Å². The minimum absolute atomic E-state index is 0.0208. The second kappa shape index (κ2) is 10.7. The number of carbonyl (C=O) groups is 5. The van der Waals surface area contributed by atoms with E-state index in [0.717, 1.165) is 0 Å². The van der Waals surface area contributed by atoms with Gasteiger partial charge in [0.1, 0.15) is 6.04 Å². The Morgan fingerprint density at radius 2 is 1.48 bits per heavy atom. The van der Waals surface area contributed by atoms with Gasteiger partial charge in [-0.15, -0.1) is 0 Å². The molecule has 2 N–H and O–H groups in total. The molecule has 222 valence electrons. The summed E-state index contributed by atoms with van der Waals surface area (Å²) < 4.78 is 10.7. The third-order valence-corrected chi connectivity index (χ3v) is 9.51. The molecular weight excluding hydrogens is 542 g/mol. The van der Waals surface area contributed by atoms with Crippen molar-refractivity contribution in [3.63, 3.8) is 0 Å². The Labute approximate surface area is 244 Å². The summed E-state index contributed by atoms with van der Waals surface area (Å²) in [5.74, 6) is -1.91. The lowest BCUT2D eigenvalue weighted by molar-refractivity contribution is -0.126. The monoisotopic (exact) mass is 577 g/mol. The number of carbonyl (C=O) groups excluding carboxylic acids is 5. The highest BCUT2D eigenvalue weighted by molar-refractivity contribution is 6.26. The lowest BCUT2D eigenvalue weighted by atomic mass is 9.67. The molecule has 0 spiro atoms. The number of nitriles is 1. The van der Waals surface area contributed by atoms with Gasteiger partial charge in [0.15, 0.2) is 23.1 Å². The van der Waals surface area contributed by atoms with E-state index in [0.29, 0.717) is 11.1 Å². The quantitative estimate of drug-likeness (QED) is 0.405. The third kappa shape index (κ3) is 4.02. The summed E-state index contributed by atoms with van der Waals surface area (Å²) in [6.45, 7) is 4.72. The SMILES string of the molecule is CNC(C)C(=O)NC[C@@H]1C2=C(C[C@H]3C4C5=C(CC([C@H](C#N)N13)N4C)C(=O)C(C)=C(OC)C5=O)C(=O)C(C)=C(OC)C2=O. The average molecular weight is 578 g/mol. The van der Waals surface area contributed by atoms with E-state index in [1.54, 1.807) is 20.9 Å². The highest BCUT2D eigenvalue weighted by Crippen LogP contribution is 2.48. The van der Waals surface area contributed by atoms with E-state index < -0.39 is 47.8 Å². The molecule has 6 atom stereocenters. The number of allylic oxidation sites excluding steroid dienone is 4. The van der Waals surface area contributed by atoms with E-state index in [4.69, 9.17) is 9.47 Å². The molecule has 3 unspecified atom stereocenters. The first-order valence-corrected chi connectivity index (χ1v) is 13.9. The van der Waals surface area contributed by atoms with Crippen molar-refractivity contribution < 1.29 is 33.4 Å². The Morgan fingerprint density at radius 1 is 0.952 bits per heavy atom. The van der Waals surface area contributed by atoms with Gasteiger partial charge >= 0.3 is 0 Å². The number of methoxy groups -OCH3 is 2. The molecule has 5 rings (SSSR count). The number of likely N-dealkylation sites (N-methyl/N-ethyl adjacent to an activating group) is 2. The molecule has 2 aliphatic carbocycles. The van der Waals surface area contributed by atoms with Crippen molar-refractivity contribution >= 4 is 29.0 Å². The van der Waals surface area contributed by atoms with Crippen LogP contribution in [0.2, 0.25) is 0 Å². The zero-order chi connectivity index (χ0) is 30.8. The molecule has 12 nitrogen and oxygen atoms in total. The average Bonchev–Trinajstić information content (AvgIpc) is 2.97. The summed E-state index contributed by atoms with van der Waals surface area (Å²) in [5, 5.41) is 16.3. The van der Waals surface area contributed by atoms with Crippen LogP contribution in [0.1, 0.15) is 33.6 Å². The van der Waals surface area contributed by atoms with Gasteiger partial charge in [0.25, 0.3) is 0 Å². The molecular formula is C30H35N5O7. The van der Waals surface area contributed by atoms with E-state index in [9.17, 15) is 29.2 Å². The van der Waals surface area contributed by atoms with E-state index in [1.165, 1.54) is 21.1 Å². The normalized spacial score (nSPS) is 30.6. The number of ketones is 4. The molecule has 3 aliphatic heterocycles. The fourth-order valence-corrected chi connectivity index (χ4v) is 7.30. The van der Waals surface area contributed by atoms with Crippen LogP contribution in [0, 0.1) is 11.3 Å². The number of rotatable bonds is 6. The molecule has 12 heteroatoms. The van der Waals surface area contributed by atoms with Crippen LogP contribution in [-0.2, 0) is 33.4 Å². The lowest BCUT2D eigenvalue weighted by Crippen LogP contribution is -2.74. The minimum atomic E-state index is -0.861. The van der Waals surface area contributed by atoms with Gasteiger partial charge in [-0.05, 0) is 47.7 Å². The van der Waals surface area contributed by atoms with Crippen molar-refractivity contribution in [2.45, 2.75) is 69.9 Å². The number of piperazine rings is 1. The fraction of sp³-hybridized carbons (Fsp3) is 0.533. The van der Waals surface area contributed by atoms with Gasteiger partial charge in [-0.3, -0.25) is 33.8 Å². The molecule has 0 aromatic rings. The fourth-order valence-electron chi connectivity index (χ4n) is 7.30. The summed E-state index contributed by atoms with van der Waals surface area (Å²) in [7, 11) is 6.14. The number of nitrogens with zero attached hydrogens (tertiary/aromatic N) is 3. The number of hydrogen-bond donors (Lipinski definition) is 2. The maximum absolute atomic E-state index is 13.8. The van der Waals surface area contributed by atoms with Crippen LogP contribution in [0.5, 0.6) is 0 Å². The zero-order valence-corrected chi connectivity index (χ0v) is 24.8. The maximum atomic E-state index is 13.8. The van der Waals surface area contributed by atoms with Gasteiger partial charge < -0.3 is 20.1 Å². The molecule has 2 bridgehead atoms. The number of nitrogens with one attached hydrogen (secondary N) is 2. The Hall–Kier alpha value is -3.92. The van der Waals surface area contributed by atoms with Crippen LogP contribution in [0.4, 0.5) is 0 Å². The van der Waals surface area contributed by atoms with Crippen LogP contribution < -0.4 is 10.6 Å². The largest absolute Gasteiger partial charge is 0.492 e. The third-order valence-electron chi connectivity index (χ3n) is 9.51. The van der Waals surface area contributed by atoms with E-state index in [-0.39, 0.29) is 70.7 Å². The molecule has 1 amide bonds. The number of ether oxygens (including phenoxy) is 2. The standard InChI is InChI=1S/C30H35N5O7/c1-12-24(36)15-9-18-23-22-16(25(37)13(2)29(42-7)27(22)39)8-17(34(23)5)19(10-31)35(18)20(11-33-30(40)14(3)32-4)21(15)26(38)28(12)41-6/h14,17-20,23,32H,8-9,11H2,1-7H3,(H,33,40)/t14?,17?,18-,19-,20+,23?/m0/s1. The summed E-state index contributed by atoms with van der Waals surface area (Å²) in [6, 6.07) is -1.61. The minimum Gasteiger partial charge on any atom is -0.492 e. The first-order valence-electron chi connectivity index (χ1n) is 13.9. The molecule has 3 heterocycles. The van der Waals surface area contributed by atoms with E-state index >= 15 is 0 Å². The van der Waals surface area contributed by atoms with Crippen molar-refractivity contribution in [1.29, 1.82) is 5.26 Å². The molecule has 1 fully saturated rings. The van der Waals surface area contributed by atoms with Gasteiger partial charge in [-0.25, -0.2) is 0 Å². The van der Waals surface area contributed by atoms with Gasteiger partial charge in [0.05, 0.1) is 38.4 Å². The summed E-state index contributed by atoms with van der Waals surface area (Å²) >= 11 is 0. The number of Topliss-reactive ketones (excluding diaryl/α,β-unsaturated/α-hetero) is 4. The van der Waals surface area contributed by atoms with Crippen molar-refractivity contribution in [3.8, 4) is 6.07 Å². The molecule has 42 heavy (non-hydrogen) atoms. The molecule has 1 saturated heterocycles. The van der Waals surface area contributed by atoms with Crippen molar-refractivity contribution in [2.75, 3.05) is 34.9 Å². The van der Waals surface area contributed by atoms with Crippen LogP contribution in [-0.4, -0.2) is 110 Å².